The molecule has 134 valence electrons. The molecule has 24 heavy (non-hydrogen) atoms. The van der Waals surface area contributed by atoms with Gasteiger partial charge in [0.05, 0.1) is 10.9 Å². The van der Waals surface area contributed by atoms with E-state index in [1.807, 2.05) is 17.0 Å². The monoisotopic (exact) mass is 353 g/mol. The third-order valence-electron chi connectivity index (χ3n) is 4.93. The van der Waals surface area contributed by atoms with Crippen LogP contribution in [0.5, 0.6) is 0 Å². The van der Waals surface area contributed by atoms with Crippen molar-refractivity contribution in [1.82, 2.24) is 9.21 Å². The number of carbonyl (C=O) groups excluding carboxylic acids is 1. The number of sulfonamides is 1. The predicted octanol–water partition coefficient (Wildman–Crippen LogP) is 1.38. The summed E-state index contributed by atoms with van der Waals surface area (Å²) in [4.78, 5) is 13.5. The van der Waals surface area contributed by atoms with Crippen LogP contribution < -0.4 is 5.73 Å². The zero-order chi connectivity index (χ0) is 17.9. The van der Waals surface area contributed by atoms with Crippen LogP contribution in [-0.2, 0) is 14.8 Å². The molecule has 1 aliphatic heterocycles. The van der Waals surface area contributed by atoms with Crippen molar-refractivity contribution in [1.29, 1.82) is 0 Å². The first-order valence-corrected chi connectivity index (χ1v) is 9.84. The minimum absolute atomic E-state index is 0.325. The molecule has 6 nitrogen and oxygen atoms in total. The molecule has 0 aromatic heterocycles. The van der Waals surface area contributed by atoms with Crippen LogP contribution in [0.25, 0.3) is 0 Å². The lowest BCUT2D eigenvalue weighted by Crippen LogP contribution is -2.54. The van der Waals surface area contributed by atoms with E-state index in [0.29, 0.717) is 37.0 Å². The van der Waals surface area contributed by atoms with Gasteiger partial charge in [0.2, 0.25) is 15.9 Å². The van der Waals surface area contributed by atoms with Crippen LogP contribution in [-0.4, -0.2) is 55.8 Å². The highest BCUT2D eigenvalue weighted by molar-refractivity contribution is 7.89. The van der Waals surface area contributed by atoms with Gasteiger partial charge in [-0.1, -0.05) is 26.0 Å². The van der Waals surface area contributed by atoms with Crippen LogP contribution in [0.15, 0.2) is 29.2 Å². The third-order valence-corrected chi connectivity index (χ3v) is 6.84. The Kier molecular flexibility index (Phi) is 6.01. The second-order valence-electron chi connectivity index (χ2n) is 6.40. The van der Waals surface area contributed by atoms with Crippen LogP contribution in [0.2, 0.25) is 0 Å². The van der Waals surface area contributed by atoms with Gasteiger partial charge >= 0.3 is 0 Å². The average molecular weight is 353 g/mol. The molecule has 0 saturated carbocycles. The zero-order valence-corrected chi connectivity index (χ0v) is 15.4. The number of nitrogens with zero attached hydrogens (tertiary/aromatic N) is 2. The van der Waals surface area contributed by atoms with E-state index in [0.717, 1.165) is 12.0 Å². The molecule has 0 spiro atoms. The summed E-state index contributed by atoms with van der Waals surface area (Å²) < 4.78 is 27.0. The van der Waals surface area contributed by atoms with Gasteiger partial charge in [0, 0.05) is 26.2 Å². The summed E-state index contributed by atoms with van der Waals surface area (Å²) in [5.41, 5.74) is 6.47. The highest BCUT2D eigenvalue weighted by atomic mass is 32.2. The number of rotatable bonds is 6. The lowest BCUT2D eigenvalue weighted by molar-refractivity contribution is -0.123. The third kappa shape index (κ3) is 3.96. The molecule has 0 aliphatic carbocycles. The van der Waals surface area contributed by atoms with E-state index >= 15 is 0 Å². The van der Waals surface area contributed by atoms with Crippen LogP contribution in [0, 0.1) is 0 Å². The summed E-state index contributed by atoms with van der Waals surface area (Å²) in [5, 5.41) is 0. The number of carbonyl (C=O) groups is 1. The van der Waals surface area contributed by atoms with Crippen LogP contribution in [0.3, 0.4) is 0 Å². The van der Waals surface area contributed by atoms with E-state index in [4.69, 9.17) is 5.73 Å². The van der Waals surface area contributed by atoms with E-state index in [2.05, 4.69) is 13.8 Å². The molecule has 1 amide bonds. The molecule has 1 fully saturated rings. The van der Waals surface area contributed by atoms with Crippen molar-refractivity contribution in [2.45, 2.75) is 44.0 Å². The van der Waals surface area contributed by atoms with Crippen LogP contribution >= 0.6 is 0 Å². The first kappa shape index (κ1) is 18.9. The van der Waals surface area contributed by atoms with Gasteiger partial charge in [-0.05, 0) is 37.0 Å². The Balaban J connectivity index is 2.08. The number of primary amides is 1. The fraction of sp³-hybridized carbons (Fsp3) is 0.588. The molecular weight excluding hydrogens is 326 g/mol. The van der Waals surface area contributed by atoms with Crippen molar-refractivity contribution in [3.05, 3.63) is 29.8 Å². The van der Waals surface area contributed by atoms with Crippen molar-refractivity contribution in [3.63, 3.8) is 0 Å². The second-order valence-corrected chi connectivity index (χ2v) is 8.33. The molecule has 0 radical (unpaired) electrons. The van der Waals surface area contributed by atoms with Gasteiger partial charge in [0.25, 0.3) is 0 Å². The molecule has 0 unspecified atom stereocenters. The number of nitrogens with two attached hydrogens (primary N) is 1. The highest BCUT2D eigenvalue weighted by Gasteiger charge is 2.31. The van der Waals surface area contributed by atoms with Crippen LogP contribution in [0.4, 0.5) is 0 Å². The number of piperazine rings is 1. The molecule has 1 heterocycles. The summed E-state index contributed by atoms with van der Waals surface area (Å²) in [6.07, 6.45) is 1.02. The molecule has 1 aromatic carbocycles. The first-order valence-electron chi connectivity index (χ1n) is 8.40. The summed E-state index contributed by atoms with van der Waals surface area (Å²) in [6, 6.07) is 6.80. The van der Waals surface area contributed by atoms with Crippen molar-refractivity contribution in [2.24, 2.45) is 5.73 Å². The lowest BCUT2D eigenvalue weighted by Gasteiger charge is -2.36. The Morgan fingerprint density at radius 3 is 2.12 bits per heavy atom. The van der Waals surface area contributed by atoms with Crippen molar-refractivity contribution >= 4 is 15.9 Å². The zero-order valence-electron chi connectivity index (χ0n) is 14.6. The van der Waals surface area contributed by atoms with Gasteiger partial charge in [0.15, 0.2) is 0 Å². The van der Waals surface area contributed by atoms with Crippen molar-refractivity contribution in [3.8, 4) is 0 Å². The van der Waals surface area contributed by atoms with E-state index in [1.165, 1.54) is 4.31 Å². The number of hydrogen-bond acceptors (Lipinski definition) is 4. The normalized spacial score (nSPS) is 19.8. The number of benzene rings is 1. The molecule has 0 bridgehead atoms. The second kappa shape index (κ2) is 7.63. The van der Waals surface area contributed by atoms with Gasteiger partial charge in [-0.15, -0.1) is 0 Å². The Labute approximate surface area is 144 Å². The van der Waals surface area contributed by atoms with Crippen molar-refractivity contribution in [2.75, 3.05) is 26.2 Å². The minimum Gasteiger partial charge on any atom is -0.368 e. The maximum atomic E-state index is 12.8. The first-order chi connectivity index (χ1) is 11.3. The van der Waals surface area contributed by atoms with E-state index < -0.39 is 10.0 Å². The van der Waals surface area contributed by atoms with Gasteiger partial charge in [-0.25, -0.2) is 8.42 Å². The average Bonchev–Trinajstić information content (AvgIpc) is 2.60. The highest BCUT2D eigenvalue weighted by Crippen LogP contribution is 2.23. The lowest BCUT2D eigenvalue weighted by atomic mass is 9.99. The maximum absolute atomic E-state index is 12.8. The SMILES string of the molecule is CC[C@H](C)c1ccc(S(=O)(=O)N2CCN([C@H](C)C(N)=O)CC2)cc1. The minimum atomic E-state index is -3.49. The quantitative estimate of drug-likeness (QED) is 0.837. The molecule has 2 N–H and O–H groups in total. The van der Waals surface area contributed by atoms with Crippen LogP contribution in [0.1, 0.15) is 38.7 Å². The topological polar surface area (TPSA) is 83.7 Å². The maximum Gasteiger partial charge on any atom is 0.243 e. The Morgan fingerprint density at radius 2 is 1.67 bits per heavy atom. The van der Waals surface area contributed by atoms with E-state index in [1.54, 1.807) is 19.1 Å². The Morgan fingerprint density at radius 1 is 1.12 bits per heavy atom. The van der Waals surface area contributed by atoms with Crippen molar-refractivity contribution < 1.29 is 13.2 Å². The Hall–Kier alpha value is -1.44. The largest absolute Gasteiger partial charge is 0.368 e. The van der Waals surface area contributed by atoms with Gasteiger partial charge in [-0.3, -0.25) is 9.69 Å². The van der Waals surface area contributed by atoms with E-state index in [9.17, 15) is 13.2 Å². The summed E-state index contributed by atoms with van der Waals surface area (Å²) in [5.74, 6) is 0.0347. The summed E-state index contributed by atoms with van der Waals surface area (Å²) in [7, 11) is -3.49. The molecular formula is C17H27N3O3S. The molecule has 7 heteroatoms. The van der Waals surface area contributed by atoms with E-state index in [-0.39, 0.29) is 11.9 Å². The fourth-order valence-electron chi connectivity index (χ4n) is 2.86. The molecule has 1 aliphatic rings. The van der Waals surface area contributed by atoms with Gasteiger partial charge in [0.1, 0.15) is 0 Å². The number of amides is 1. The molecule has 1 saturated heterocycles. The predicted molar refractivity (Wildman–Crippen MR) is 94.1 cm³/mol. The summed E-state index contributed by atoms with van der Waals surface area (Å²) >= 11 is 0. The van der Waals surface area contributed by atoms with Gasteiger partial charge in [-0.2, -0.15) is 4.31 Å². The molecule has 2 atom stereocenters. The molecule has 1 aromatic rings. The Bertz CT molecular complexity index is 665. The number of hydrogen-bond donors (Lipinski definition) is 1. The molecule has 2 rings (SSSR count). The fourth-order valence-corrected chi connectivity index (χ4v) is 4.29. The standard InChI is InChI=1S/C17H27N3O3S/c1-4-13(2)15-5-7-16(8-6-15)24(22,23)20-11-9-19(10-12-20)14(3)17(18)21/h5-8,13-14H,4,9-12H2,1-3H3,(H2,18,21)/t13-,14+/m0/s1. The van der Waals surface area contributed by atoms with Gasteiger partial charge < -0.3 is 5.73 Å². The summed E-state index contributed by atoms with van der Waals surface area (Å²) in [6.45, 7) is 7.74. The smallest absolute Gasteiger partial charge is 0.243 e.